The Hall–Kier alpha value is -1.66. The molecule has 0 amide bonds. The van der Waals surface area contributed by atoms with E-state index in [4.69, 9.17) is 0 Å². The molecular weight excluding hydrogens is 284 g/mol. The van der Waals surface area contributed by atoms with Gasteiger partial charge in [-0.1, -0.05) is 0 Å². The fraction of sp³-hybridized carbons (Fsp3) is 0.467. The topological polar surface area (TPSA) is 50.2 Å². The third-order valence-electron chi connectivity index (χ3n) is 3.89. The van der Waals surface area contributed by atoms with Crippen LogP contribution in [0.1, 0.15) is 18.4 Å². The summed E-state index contributed by atoms with van der Waals surface area (Å²) in [6.45, 7) is 2.64. The lowest BCUT2D eigenvalue weighted by atomic mass is 10.1. The number of aromatic nitrogens is 2. The van der Waals surface area contributed by atoms with E-state index >= 15 is 0 Å². The van der Waals surface area contributed by atoms with Gasteiger partial charge in [0.05, 0.1) is 0 Å². The third kappa shape index (κ3) is 3.33. The molecule has 6 heteroatoms. The second-order valence-corrected chi connectivity index (χ2v) is 6.24. The Balaban J connectivity index is 1.65. The average Bonchev–Trinajstić information content (AvgIpc) is 3.02. The van der Waals surface area contributed by atoms with E-state index in [9.17, 15) is 4.79 Å². The van der Waals surface area contributed by atoms with Gasteiger partial charge in [0.2, 0.25) is 0 Å². The van der Waals surface area contributed by atoms with Gasteiger partial charge in [0, 0.05) is 45.1 Å². The number of aryl methyl sites for hydroxylation is 1. The molecule has 1 saturated heterocycles. The molecule has 1 N–H and O–H groups in total. The maximum atomic E-state index is 12.2. The van der Waals surface area contributed by atoms with Crippen molar-refractivity contribution >= 4 is 17.2 Å². The molecule has 1 fully saturated rings. The zero-order valence-corrected chi connectivity index (χ0v) is 13.0. The normalized spacial score (nSPS) is 18.9. The van der Waals surface area contributed by atoms with Gasteiger partial charge in [-0.25, -0.2) is 4.98 Å². The molecule has 112 valence electrons. The zero-order chi connectivity index (χ0) is 14.7. The smallest absolute Gasteiger partial charge is 0.293 e. The fourth-order valence-corrected chi connectivity index (χ4v) is 3.36. The molecule has 1 aliphatic rings. The lowest BCUT2D eigenvalue weighted by Crippen LogP contribution is -2.47. The Morgan fingerprint density at radius 3 is 3.24 bits per heavy atom. The number of piperidine rings is 1. The van der Waals surface area contributed by atoms with Crippen LogP contribution >= 0.6 is 11.3 Å². The van der Waals surface area contributed by atoms with Crippen LogP contribution in [-0.4, -0.2) is 28.7 Å². The summed E-state index contributed by atoms with van der Waals surface area (Å²) >= 11 is 1.72. The van der Waals surface area contributed by atoms with Crippen molar-refractivity contribution in [2.75, 3.05) is 18.0 Å². The first-order valence-electron chi connectivity index (χ1n) is 7.25. The van der Waals surface area contributed by atoms with Gasteiger partial charge in [0.1, 0.15) is 0 Å². The summed E-state index contributed by atoms with van der Waals surface area (Å²) in [4.78, 5) is 18.5. The van der Waals surface area contributed by atoms with Gasteiger partial charge in [0.25, 0.3) is 5.56 Å². The Morgan fingerprint density at radius 1 is 1.52 bits per heavy atom. The molecule has 0 unspecified atom stereocenters. The third-order valence-corrected chi connectivity index (χ3v) is 4.63. The standard InChI is InChI=1S/C15H20N4OS/c1-18-7-5-16-14(15(18)20)19-6-2-3-13(10-19)17-9-12-4-8-21-11-12/h4-5,7-8,11,13,17H,2-3,6,9-10H2,1H3/t13-/m1/s1. The molecule has 21 heavy (non-hydrogen) atoms. The van der Waals surface area contributed by atoms with Gasteiger partial charge >= 0.3 is 0 Å². The van der Waals surface area contributed by atoms with Crippen molar-refractivity contribution in [3.63, 3.8) is 0 Å². The van der Waals surface area contributed by atoms with Crippen LogP contribution in [0, 0.1) is 0 Å². The molecule has 0 bridgehead atoms. The highest BCUT2D eigenvalue weighted by Crippen LogP contribution is 2.15. The van der Waals surface area contributed by atoms with Crippen LogP contribution in [0.3, 0.4) is 0 Å². The van der Waals surface area contributed by atoms with Crippen molar-refractivity contribution in [2.45, 2.75) is 25.4 Å². The molecule has 0 aliphatic carbocycles. The van der Waals surface area contributed by atoms with E-state index in [1.54, 1.807) is 35.3 Å². The quantitative estimate of drug-likeness (QED) is 0.932. The number of thiophene rings is 1. The van der Waals surface area contributed by atoms with E-state index in [1.807, 2.05) is 0 Å². The molecule has 0 spiro atoms. The average molecular weight is 304 g/mol. The SMILES string of the molecule is Cn1ccnc(N2CCC[C@@H](NCc3ccsc3)C2)c1=O. The van der Waals surface area contributed by atoms with Crippen LogP contribution in [0.2, 0.25) is 0 Å². The van der Waals surface area contributed by atoms with Crippen LogP contribution < -0.4 is 15.8 Å². The maximum Gasteiger partial charge on any atom is 0.293 e. The number of anilines is 1. The molecule has 0 saturated carbocycles. The summed E-state index contributed by atoms with van der Waals surface area (Å²) in [5.74, 6) is 0.571. The zero-order valence-electron chi connectivity index (χ0n) is 12.2. The molecular formula is C15H20N4OS. The van der Waals surface area contributed by atoms with E-state index < -0.39 is 0 Å². The summed E-state index contributed by atoms with van der Waals surface area (Å²) < 4.78 is 1.59. The second-order valence-electron chi connectivity index (χ2n) is 5.46. The first-order chi connectivity index (χ1) is 10.2. The van der Waals surface area contributed by atoms with Crippen molar-refractivity contribution in [3.8, 4) is 0 Å². The van der Waals surface area contributed by atoms with Gasteiger partial charge in [-0.3, -0.25) is 4.79 Å². The largest absolute Gasteiger partial charge is 0.350 e. The van der Waals surface area contributed by atoms with E-state index in [0.29, 0.717) is 11.9 Å². The molecule has 3 rings (SSSR count). The summed E-state index contributed by atoms with van der Waals surface area (Å²) in [6, 6.07) is 2.55. The predicted octanol–water partition coefficient (Wildman–Crippen LogP) is 1.60. The highest BCUT2D eigenvalue weighted by Gasteiger charge is 2.22. The van der Waals surface area contributed by atoms with Gasteiger partial charge in [-0.2, -0.15) is 11.3 Å². The number of rotatable bonds is 4. The van der Waals surface area contributed by atoms with Gasteiger partial charge in [-0.05, 0) is 35.2 Å². The monoisotopic (exact) mass is 304 g/mol. The van der Waals surface area contributed by atoms with Crippen molar-refractivity contribution < 1.29 is 0 Å². The van der Waals surface area contributed by atoms with Crippen molar-refractivity contribution in [3.05, 3.63) is 45.1 Å². The number of hydrogen-bond donors (Lipinski definition) is 1. The highest BCUT2D eigenvalue weighted by molar-refractivity contribution is 7.07. The lowest BCUT2D eigenvalue weighted by molar-refractivity contribution is 0.419. The van der Waals surface area contributed by atoms with Crippen LogP contribution in [0.15, 0.2) is 34.0 Å². The molecule has 2 aromatic rings. The Labute approximate surface area is 128 Å². The Morgan fingerprint density at radius 2 is 2.43 bits per heavy atom. The first-order valence-corrected chi connectivity index (χ1v) is 8.19. The summed E-state index contributed by atoms with van der Waals surface area (Å²) in [6.07, 6.45) is 5.62. The minimum Gasteiger partial charge on any atom is -0.350 e. The van der Waals surface area contributed by atoms with E-state index in [1.165, 1.54) is 5.56 Å². The minimum absolute atomic E-state index is 0.0176. The molecule has 0 radical (unpaired) electrons. The number of hydrogen-bond acceptors (Lipinski definition) is 5. The van der Waals surface area contributed by atoms with E-state index in [0.717, 1.165) is 32.5 Å². The molecule has 3 heterocycles. The van der Waals surface area contributed by atoms with Crippen LogP contribution in [0.25, 0.3) is 0 Å². The first kappa shape index (κ1) is 14.3. The van der Waals surface area contributed by atoms with E-state index in [2.05, 4.69) is 32.0 Å². The maximum absolute atomic E-state index is 12.2. The highest BCUT2D eigenvalue weighted by atomic mass is 32.1. The van der Waals surface area contributed by atoms with Gasteiger partial charge in [0.15, 0.2) is 5.82 Å². The van der Waals surface area contributed by atoms with Crippen molar-refractivity contribution in [2.24, 2.45) is 7.05 Å². The fourth-order valence-electron chi connectivity index (χ4n) is 2.69. The van der Waals surface area contributed by atoms with Crippen molar-refractivity contribution in [1.82, 2.24) is 14.9 Å². The van der Waals surface area contributed by atoms with E-state index in [-0.39, 0.29) is 5.56 Å². The molecule has 2 aromatic heterocycles. The van der Waals surface area contributed by atoms with Crippen LogP contribution in [-0.2, 0) is 13.6 Å². The molecule has 1 atom stereocenters. The Kier molecular flexibility index (Phi) is 4.36. The number of nitrogens with one attached hydrogen (secondary N) is 1. The number of nitrogens with zero attached hydrogens (tertiary/aromatic N) is 3. The van der Waals surface area contributed by atoms with Crippen LogP contribution in [0.5, 0.6) is 0 Å². The molecule has 0 aromatic carbocycles. The lowest BCUT2D eigenvalue weighted by Gasteiger charge is -2.33. The van der Waals surface area contributed by atoms with Gasteiger partial charge in [-0.15, -0.1) is 0 Å². The molecule has 1 aliphatic heterocycles. The Bertz CT molecular complexity index is 637. The summed E-state index contributed by atoms with van der Waals surface area (Å²) in [5, 5.41) is 7.85. The summed E-state index contributed by atoms with van der Waals surface area (Å²) in [7, 11) is 1.77. The van der Waals surface area contributed by atoms with Gasteiger partial charge < -0.3 is 14.8 Å². The predicted molar refractivity (Wildman–Crippen MR) is 85.9 cm³/mol. The second kappa shape index (κ2) is 6.41. The minimum atomic E-state index is -0.0176. The van der Waals surface area contributed by atoms with Crippen molar-refractivity contribution in [1.29, 1.82) is 0 Å². The summed E-state index contributed by atoms with van der Waals surface area (Å²) in [5.41, 5.74) is 1.31. The molecule has 5 nitrogen and oxygen atoms in total. The van der Waals surface area contributed by atoms with Crippen LogP contribution in [0.4, 0.5) is 5.82 Å².